The highest BCUT2D eigenvalue weighted by atomic mass is 32.2. The van der Waals surface area contributed by atoms with Gasteiger partial charge in [0.15, 0.2) is 11.4 Å². The van der Waals surface area contributed by atoms with Gasteiger partial charge in [0.05, 0.1) is 19.3 Å². The monoisotopic (exact) mass is 487 g/mol. The average molecular weight is 488 g/mol. The van der Waals surface area contributed by atoms with Gasteiger partial charge in [0.1, 0.15) is 6.17 Å². The van der Waals surface area contributed by atoms with Gasteiger partial charge in [0.25, 0.3) is 5.91 Å². The van der Waals surface area contributed by atoms with Crippen LogP contribution in [0.25, 0.3) is 0 Å². The van der Waals surface area contributed by atoms with E-state index in [4.69, 9.17) is 4.74 Å². The number of nitrogens with zero attached hydrogens (tertiary/aromatic N) is 3. The number of thioether (sulfide) groups is 1. The number of pyridine rings is 1. The molecule has 8 heteroatoms. The van der Waals surface area contributed by atoms with E-state index in [9.17, 15) is 14.7 Å². The molecule has 3 unspecified atom stereocenters. The minimum atomic E-state index is -0.551. The lowest BCUT2D eigenvalue weighted by molar-refractivity contribution is -0.0197. The number of carbonyl (C=O) groups is 1. The molecular weight excluding hydrogens is 462 g/mol. The molecule has 1 amide bonds. The molecule has 35 heavy (non-hydrogen) atoms. The smallest absolute Gasteiger partial charge is 0.278 e. The van der Waals surface area contributed by atoms with Gasteiger partial charge < -0.3 is 14.7 Å². The number of hydrogen-bond donors (Lipinski definition) is 1. The number of aromatic hydroxyl groups is 1. The highest BCUT2D eigenvalue weighted by Crippen LogP contribution is 2.53. The van der Waals surface area contributed by atoms with E-state index in [-0.39, 0.29) is 23.8 Å². The molecule has 1 aromatic heterocycles. The molecule has 7 nitrogen and oxygen atoms in total. The van der Waals surface area contributed by atoms with Gasteiger partial charge in [-0.1, -0.05) is 36.4 Å². The Hall–Kier alpha value is -3.23. The molecule has 0 spiro atoms. The van der Waals surface area contributed by atoms with Crippen molar-refractivity contribution in [2.45, 2.75) is 41.6 Å². The van der Waals surface area contributed by atoms with Crippen molar-refractivity contribution < 1.29 is 14.6 Å². The summed E-state index contributed by atoms with van der Waals surface area (Å²) in [6.07, 6.45) is 4.60. The van der Waals surface area contributed by atoms with Gasteiger partial charge in [-0.2, -0.15) is 0 Å². The van der Waals surface area contributed by atoms with Gasteiger partial charge >= 0.3 is 0 Å². The number of amides is 1. The van der Waals surface area contributed by atoms with Crippen molar-refractivity contribution >= 4 is 17.7 Å². The molecule has 1 fully saturated rings. The maximum absolute atomic E-state index is 13.5. The van der Waals surface area contributed by atoms with Crippen molar-refractivity contribution in [3.8, 4) is 5.75 Å². The number of benzene rings is 2. The minimum Gasteiger partial charge on any atom is -0.502 e. The summed E-state index contributed by atoms with van der Waals surface area (Å²) in [6.45, 7) is 1.18. The Kier molecular flexibility index (Phi) is 4.76. The highest BCUT2D eigenvalue weighted by molar-refractivity contribution is 7.99. The van der Waals surface area contributed by atoms with E-state index in [1.807, 2.05) is 11.8 Å². The van der Waals surface area contributed by atoms with Crippen molar-refractivity contribution in [3.63, 3.8) is 0 Å². The topological polar surface area (TPSA) is 75.0 Å². The third-order valence-electron chi connectivity index (χ3n) is 7.68. The Bertz CT molecular complexity index is 1420. The van der Waals surface area contributed by atoms with Crippen LogP contribution in [0.3, 0.4) is 0 Å². The van der Waals surface area contributed by atoms with Gasteiger partial charge in [0.2, 0.25) is 5.43 Å². The molecule has 178 valence electrons. The fraction of sp³-hybridized carbons (Fsp3) is 0.333. The third kappa shape index (κ3) is 3.02. The first-order valence-electron chi connectivity index (χ1n) is 12.1. The van der Waals surface area contributed by atoms with Crippen molar-refractivity contribution in [3.05, 3.63) is 92.9 Å². The van der Waals surface area contributed by atoms with Crippen LogP contribution in [0.5, 0.6) is 5.75 Å². The van der Waals surface area contributed by atoms with Crippen LogP contribution in [0.15, 0.2) is 64.4 Å². The molecular formula is C27H25N3O4S. The van der Waals surface area contributed by atoms with Gasteiger partial charge in [-0.15, -0.1) is 11.8 Å². The molecule has 3 aromatic rings. The van der Waals surface area contributed by atoms with Crippen LogP contribution in [0.1, 0.15) is 56.9 Å². The van der Waals surface area contributed by atoms with Gasteiger partial charge in [0, 0.05) is 29.0 Å². The molecule has 1 N–H and O–H groups in total. The number of rotatable bonds is 1. The molecule has 3 atom stereocenters. The summed E-state index contributed by atoms with van der Waals surface area (Å²) in [7, 11) is 0. The first-order valence-corrected chi connectivity index (χ1v) is 13.0. The van der Waals surface area contributed by atoms with Crippen LogP contribution in [0.4, 0.5) is 0 Å². The standard InChI is InChI=1S/C27H25N3O4S/c31-19-11-12-29-25(26(19)32)27(33)28-13-14-34-15-22(28)30(29)24-17-7-1-2-9-20(17)35-21-10-4-6-16-5-3-8-18(24)23(16)21/h1-3,5,7-9,11-12,21-22,24,32H,4,6,10,13-15H2. The Balaban J connectivity index is 1.54. The van der Waals surface area contributed by atoms with Crippen LogP contribution in [0, 0.1) is 0 Å². The first-order chi connectivity index (χ1) is 17.1. The molecule has 7 rings (SSSR count). The number of hydrogen-bond acceptors (Lipinski definition) is 6. The number of fused-ring (bicyclic) bond motifs is 3. The fourth-order valence-corrected chi connectivity index (χ4v) is 7.64. The maximum atomic E-state index is 13.5. The normalized spacial score (nSPS) is 24.7. The zero-order chi connectivity index (χ0) is 23.7. The van der Waals surface area contributed by atoms with E-state index >= 15 is 0 Å². The Morgan fingerprint density at radius 1 is 1.03 bits per heavy atom. The van der Waals surface area contributed by atoms with Crippen LogP contribution in [-0.4, -0.2) is 46.5 Å². The van der Waals surface area contributed by atoms with Gasteiger partial charge in [-0.3, -0.25) is 19.3 Å². The highest BCUT2D eigenvalue weighted by Gasteiger charge is 2.46. The molecule has 2 aromatic carbocycles. The SMILES string of the molecule is O=C1c2c(O)c(=O)ccn2N(C2c3ccccc3SC3CCCc4cccc2c43)C2COCCN12. The van der Waals surface area contributed by atoms with Crippen molar-refractivity contribution in [2.75, 3.05) is 24.8 Å². The van der Waals surface area contributed by atoms with E-state index in [1.165, 1.54) is 34.1 Å². The number of ether oxygens (including phenoxy) is 1. The summed E-state index contributed by atoms with van der Waals surface area (Å²) in [5, 5.41) is 13.3. The second kappa shape index (κ2) is 7.90. The molecule has 0 radical (unpaired) electrons. The fourth-order valence-electron chi connectivity index (χ4n) is 6.17. The maximum Gasteiger partial charge on any atom is 0.278 e. The van der Waals surface area contributed by atoms with Crippen molar-refractivity contribution in [1.29, 1.82) is 0 Å². The molecule has 4 aliphatic rings. The van der Waals surface area contributed by atoms with E-state index in [0.717, 1.165) is 18.4 Å². The third-order valence-corrected chi connectivity index (χ3v) is 9.06. The number of morpholine rings is 1. The van der Waals surface area contributed by atoms with Crippen molar-refractivity contribution in [2.24, 2.45) is 0 Å². The Morgan fingerprint density at radius 2 is 1.89 bits per heavy atom. The number of carbonyl (C=O) groups excluding carboxylic acids is 1. The quantitative estimate of drug-likeness (QED) is 0.566. The van der Waals surface area contributed by atoms with E-state index in [2.05, 4.69) is 47.5 Å². The van der Waals surface area contributed by atoms with E-state index < -0.39 is 11.2 Å². The van der Waals surface area contributed by atoms with Crippen LogP contribution >= 0.6 is 11.8 Å². The largest absolute Gasteiger partial charge is 0.502 e. The molecule has 0 bridgehead atoms. The lowest BCUT2D eigenvalue weighted by Gasteiger charge is -2.51. The summed E-state index contributed by atoms with van der Waals surface area (Å²) in [5.41, 5.74) is 4.61. The summed E-state index contributed by atoms with van der Waals surface area (Å²) >= 11 is 1.92. The Morgan fingerprint density at radius 3 is 2.80 bits per heavy atom. The zero-order valence-corrected chi connectivity index (χ0v) is 19.9. The molecule has 3 aliphatic heterocycles. The van der Waals surface area contributed by atoms with Crippen LogP contribution in [-0.2, 0) is 11.2 Å². The van der Waals surface area contributed by atoms with E-state index in [1.54, 1.807) is 15.8 Å². The summed E-state index contributed by atoms with van der Waals surface area (Å²) < 4.78 is 7.58. The van der Waals surface area contributed by atoms with Gasteiger partial charge in [-0.25, -0.2) is 0 Å². The predicted octanol–water partition coefficient (Wildman–Crippen LogP) is 3.58. The molecule has 1 aliphatic carbocycles. The molecule has 4 heterocycles. The molecule has 1 saturated heterocycles. The summed E-state index contributed by atoms with van der Waals surface area (Å²) in [6, 6.07) is 16.2. The first kappa shape index (κ1) is 21.1. The zero-order valence-electron chi connectivity index (χ0n) is 19.1. The summed E-state index contributed by atoms with van der Waals surface area (Å²) in [5.74, 6) is -0.842. The molecule has 0 saturated carbocycles. The number of aryl methyl sites for hydroxylation is 1. The predicted molar refractivity (Wildman–Crippen MR) is 132 cm³/mol. The van der Waals surface area contributed by atoms with Gasteiger partial charge in [-0.05, 0) is 47.6 Å². The lowest BCUT2D eigenvalue weighted by atomic mass is 9.83. The van der Waals surface area contributed by atoms with Crippen molar-refractivity contribution in [1.82, 2.24) is 9.58 Å². The van der Waals surface area contributed by atoms with Crippen LogP contribution < -0.4 is 10.4 Å². The van der Waals surface area contributed by atoms with Crippen LogP contribution in [0.2, 0.25) is 0 Å². The minimum absolute atomic E-state index is 0.0198. The Labute approximate surface area is 206 Å². The lowest BCUT2D eigenvalue weighted by Crippen LogP contribution is -2.66. The van der Waals surface area contributed by atoms with E-state index in [0.29, 0.717) is 25.0 Å². The average Bonchev–Trinajstić information content (AvgIpc) is 3.02. The summed E-state index contributed by atoms with van der Waals surface area (Å²) in [4.78, 5) is 28.8. The second-order valence-electron chi connectivity index (χ2n) is 9.51. The second-order valence-corrected chi connectivity index (χ2v) is 10.8. The number of aromatic nitrogens is 1.